The van der Waals surface area contributed by atoms with E-state index in [-0.39, 0.29) is 17.3 Å². The van der Waals surface area contributed by atoms with Gasteiger partial charge in [0, 0.05) is 11.8 Å². The minimum Gasteiger partial charge on any atom is -0.504 e. The number of oxime groups is 1. The number of hydrogen-bond acceptors (Lipinski definition) is 6. The molecule has 6 nitrogen and oxygen atoms in total. The number of aliphatic hydroxyl groups is 1. The van der Waals surface area contributed by atoms with E-state index in [2.05, 4.69) is 17.1 Å². The maximum Gasteiger partial charge on any atom is 0.176 e. The van der Waals surface area contributed by atoms with Crippen molar-refractivity contribution in [3.8, 4) is 17.2 Å². The molecule has 1 aromatic carbocycles. The average molecular weight is 408 g/mol. The largest absolute Gasteiger partial charge is 0.504 e. The van der Waals surface area contributed by atoms with E-state index >= 15 is 0 Å². The molecule has 3 aliphatic rings. The lowest BCUT2D eigenvalue weighted by atomic mass is 9.55. The number of rotatable bonds is 3. The van der Waals surface area contributed by atoms with Gasteiger partial charge in [-0.2, -0.15) is 0 Å². The molecule has 2 saturated carbocycles. The summed E-state index contributed by atoms with van der Waals surface area (Å²) in [6, 6.07) is 7.35. The van der Waals surface area contributed by atoms with Gasteiger partial charge in [0.25, 0.3) is 0 Å². The fraction of sp³-hybridized carbons (Fsp3) is 0.500. The van der Waals surface area contributed by atoms with Crippen LogP contribution in [0.2, 0.25) is 0 Å². The van der Waals surface area contributed by atoms with Crippen molar-refractivity contribution in [3.63, 3.8) is 0 Å². The molecule has 1 heterocycles. The second-order valence-corrected chi connectivity index (χ2v) is 9.15. The van der Waals surface area contributed by atoms with Crippen molar-refractivity contribution in [2.45, 2.75) is 51.0 Å². The Hall–Kier alpha value is -2.60. The van der Waals surface area contributed by atoms with Crippen molar-refractivity contribution in [1.29, 1.82) is 0 Å². The molecule has 3 aliphatic carbocycles. The molecule has 0 amide bonds. The maximum atomic E-state index is 10.7. The van der Waals surface area contributed by atoms with Gasteiger partial charge in [0.05, 0.1) is 25.1 Å². The van der Waals surface area contributed by atoms with E-state index in [1.807, 2.05) is 18.2 Å². The van der Waals surface area contributed by atoms with Crippen molar-refractivity contribution in [2.24, 2.45) is 22.4 Å². The van der Waals surface area contributed by atoms with Crippen LogP contribution < -0.4 is 9.57 Å². The molecule has 2 fully saturated rings. The zero-order valence-corrected chi connectivity index (χ0v) is 17.4. The second kappa shape index (κ2) is 7.27. The molecule has 0 unspecified atom stereocenters. The number of fused-ring (bicyclic) bond motifs is 5. The van der Waals surface area contributed by atoms with Crippen LogP contribution in [0, 0.1) is 17.3 Å². The Morgan fingerprint density at radius 2 is 2.10 bits per heavy atom. The van der Waals surface area contributed by atoms with E-state index in [1.54, 1.807) is 25.6 Å². The van der Waals surface area contributed by atoms with E-state index in [0.29, 0.717) is 29.3 Å². The van der Waals surface area contributed by atoms with Gasteiger partial charge in [0.15, 0.2) is 17.2 Å². The molecule has 2 aromatic rings. The molecule has 0 spiro atoms. The quantitative estimate of drug-likeness (QED) is 0.742. The van der Waals surface area contributed by atoms with Gasteiger partial charge in [-0.25, -0.2) is 0 Å². The Morgan fingerprint density at radius 1 is 1.23 bits per heavy atom. The number of ether oxygens (including phenoxy) is 1. The average Bonchev–Trinajstić information content (AvgIpc) is 3.07. The maximum absolute atomic E-state index is 10.7. The molecule has 1 aromatic heterocycles. The summed E-state index contributed by atoms with van der Waals surface area (Å²) in [4.78, 5) is 9.78. The summed E-state index contributed by atoms with van der Waals surface area (Å²) in [6.07, 6.45) is 7.82. The minimum atomic E-state index is -0.230. The topological polar surface area (TPSA) is 84.2 Å². The number of pyridine rings is 1. The smallest absolute Gasteiger partial charge is 0.176 e. The fourth-order valence-electron chi connectivity index (χ4n) is 6.16. The molecule has 2 N–H and O–H groups in total. The number of phenolic OH excluding ortho intramolecular Hbond substituents is 1. The number of hydrogen-bond donors (Lipinski definition) is 2. The first-order valence-corrected chi connectivity index (χ1v) is 10.7. The highest BCUT2D eigenvalue weighted by Gasteiger charge is 2.55. The van der Waals surface area contributed by atoms with Crippen molar-refractivity contribution < 1.29 is 19.8 Å². The highest BCUT2D eigenvalue weighted by Crippen LogP contribution is 2.61. The van der Waals surface area contributed by atoms with Gasteiger partial charge in [-0.15, -0.1) is 0 Å². The van der Waals surface area contributed by atoms with Gasteiger partial charge in [-0.1, -0.05) is 12.1 Å². The number of aromatic hydroxyl groups is 1. The van der Waals surface area contributed by atoms with E-state index in [4.69, 9.17) is 9.57 Å². The van der Waals surface area contributed by atoms with Gasteiger partial charge in [-0.3, -0.25) is 4.98 Å². The zero-order valence-electron chi connectivity index (χ0n) is 17.4. The first kappa shape index (κ1) is 19.4. The number of aromatic nitrogens is 1. The Bertz CT molecular complexity index is 977. The molecule has 0 saturated heterocycles. The van der Waals surface area contributed by atoms with Crippen molar-refractivity contribution in [1.82, 2.24) is 4.98 Å². The number of methoxy groups -OCH3 is 1. The Labute approximate surface area is 176 Å². The number of phenols is 1. The van der Waals surface area contributed by atoms with Crippen LogP contribution in [-0.2, 0) is 0 Å². The van der Waals surface area contributed by atoms with Crippen molar-refractivity contribution in [3.05, 3.63) is 47.8 Å². The van der Waals surface area contributed by atoms with Gasteiger partial charge in [0.1, 0.15) is 0 Å². The molecule has 0 aliphatic heterocycles. The monoisotopic (exact) mass is 408 g/mol. The molecular formula is C24H28N2O4. The third-order valence-corrected chi connectivity index (χ3v) is 7.77. The normalized spacial score (nSPS) is 33.5. The lowest BCUT2D eigenvalue weighted by molar-refractivity contribution is -0.0178. The van der Waals surface area contributed by atoms with Crippen LogP contribution in [0.15, 0.2) is 41.8 Å². The molecule has 30 heavy (non-hydrogen) atoms. The van der Waals surface area contributed by atoms with Crippen molar-refractivity contribution >= 4 is 5.71 Å². The summed E-state index contributed by atoms with van der Waals surface area (Å²) >= 11 is 0. The third-order valence-electron chi connectivity index (χ3n) is 7.77. The first-order valence-electron chi connectivity index (χ1n) is 10.7. The van der Waals surface area contributed by atoms with E-state index in [1.165, 1.54) is 0 Å². The van der Waals surface area contributed by atoms with Crippen LogP contribution in [0.5, 0.6) is 17.2 Å². The number of benzene rings is 1. The molecule has 0 radical (unpaired) electrons. The van der Waals surface area contributed by atoms with Crippen LogP contribution in [0.1, 0.15) is 56.1 Å². The van der Waals surface area contributed by atoms with Gasteiger partial charge < -0.3 is 19.8 Å². The zero-order chi connectivity index (χ0) is 20.9. The SMILES string of the molecule is COc1cc2c(cc1O)/C(=N/Oc1cccnc1)C[C@@H]1[C@@H]2CC[C@]2(C)[C@@H](O)CC[C@@H]12. The molecule has 158 valence electrons. The van der Waals surface area contributed by atoms with Gasteiger partial charge >= 0.3 is 0 Å². The van der Waals surface area contributed by atoms with Crippen molar-refractivity contribution in [2.75, 3.05) is 7.11 Å². The minimum absolute atomic E-state index is 0.0327. The third kappa shape index (κ3) is 2.97. The van der Waals surface area contributed by atoms with Crippen LogP contribution in [0.25, 0.3) is 0 Å². The lowest BCUT2D eigenvalue weighted by Crippen LogP contribution is -2.45. The van der Waals surface area contributed by atoms with Crippen LogP contribution >= 0.6 is 0 Å². The molecule has 6 heteroatoms. The molecule has 0 bridgehead atoms. The summed E-state index contributed by atoms with van der Waals surface area (Å²) in [5.74, 6) is 2.38. The lowest BCUT2D eigenvalue weighted by Gasteiger charge is -2.50. The summed E-state index contributed by atoms with van der Waals surface area (Å²) in [7, 11) is 1.58. The molecular weight excluding hydrogens is 380 g/mol. The highest BCUT2D eigenvalue weighted by molar-refractivity contribution is 6.03. The van der Waals surface area contributed by atoms with Gasteiger partial charge in [0.2, 0.25) is 0 Å². The summed E-state index contributed by atoms with van der Waals surface area (Å²) < 4.78 is 5.41. The Morgan fingerprint density at radius 3 is 2.87 bits per heavy atom. The number of aliphatic hydroxyl groups excluding tert-OH is 1. The first-order chi connectivity index (χ1) is 14.5. The predicted octanol–water partition coefficient (Wildman–Crippen LogP) is 4.25. The predicted molar refractivity (Wildman–Crippen MR) is 113 cm³/mol. The van der Waals surface area contributed by atoms with Crippen LogP contribution in [-0.4, -0.2) is 34.1 Å². The van der Waals surface area contributed by atoms with E-state index < -0.39 is 0 Å². The standard InChI is InChI=1S/C24H28N2O4/c1-24-8-7-15-16-12-22(29-2)21(27)11-18(16)20(26-30-14-4-3-9-25-13-14)10-17(15)19(24)5-6-23(24)28/h3-4,9,11-13,15,17,19,23,27-28H,5-8,10H2,1-2H3/b26-20+/t15-,17-,19+,23+,24+/m1/s1. The summed E-state index contributed by atoms with van der Waals surface area (Å²) in [5.41, 5.74) is 2.90. The Balaban J connectivity index is 1.58. The van der Waals surface area contributed by atoms with Gasteiger partial charge in [-0.05, 0) is 85.1 Å². The molecule has 5 rings (SSSR count). The summed E-state index contributed by atoms with van der Waals surface area (Å²) in [6.45, 7) is 2.25. The fourth-order valence-corrected chi connectivity index (χ4v) is 6.16. The second-order valence-electron chi connectivity index (χ2n) is 9.15. The highest BCUT2D eigenvalue weighted by atomic mass is 16.6. The molecule has 5 atom stereocenters. The van der Waals surface area contributed by atoms with E-state index in [9.17, 15) is 10.2 Å². The van der Waals surface area contributed by atoms with Crippen LogP contribution in [0.4, 0.5) is 0 Å². The summed E-state index contributed by atoms with van der Waals surface area (Å²) in [5, 5.41) is 25.6. The van der Waals surface area contributed by atoms with Crippen LogP contribution in [0.3, 0.4) is 0 Å². The van der Waals surface area contributed by atoms with E-state index in [0.717, 1.165) is 48.9 Å². The number of nitrogens with zero attached hydrogens (tertiary/aromatic N) is 2. The Kier molecular flexibility index (Phi) is 4.69.